The van der Waals surface area contributed by atoms with Gasteiger partial charge in [0.1, 0.15) is 0 Å². The smallest absolute Gasteiger partial charge is 0.393 e. The minimum absolute atomic E-state index is 0.0401. The van der Waals surface area contributed by atoms with Crippen molar-refractivity contribution in [1.29, 1.82) is 0 Å². The molecular weight excluding hydrogens is 470 g/mol. The van der Waals surface area contributed by atoms with Crippen LogP contribution in [0.4, 0.5) is 26.3 Å². The summed E-state index contributed by atoms with van der Waals surface area (Å²) < 4.78 is 78.0. The highest BCUT2D eigenvalue weighted by atomic mass is 19.4. The summed E-state index contributed by atoms with van der Waals surface area (Å²) in [5.41, 5.74) is -1.23. The van der Waals surface area contributed by atoms with Gasteiger partial charge in [-0.3, -0.25) is 0 Å². The number of aliphatic hydroxyl groups excluding tert-OH is 1. The molecule has 2 nitrogen and oxygen atoms in total. The standard InChI is InChI=1S/C27H38F6O2/c1-17-8-11-21(34)16-20(17)10-9-19-7-5-14-24(3)22(12-13-23(19)24)18(2)6-4-15-25(35,26(28,29)30)27(31,32)33/h9-10,18,21-23,34-35H,1,4-8,11-16H2,2-3H3/t18-,21+,22-,23?,24-/m1/s1. The van der Waals surface area contributed by atoms with E-state index < -0.39 is 24.4 Å². The van der Waals surface area contributed by atoms with Gasteiger partial charge in [-0.2, -0.15) is 26.3 Å². The third-order valence-electron chi connectivity index (χ3n) is 9.05. The lowest BCUT2D eigenvalue weighted by Gasteiger charge is -2.44. The molecule has 0 aromatic rings. The predicted octanol–water partition coefficient (Wildman–Crippen LogP) is 7.82. The summed E-state index contributed by atoms with van der Waals surface area (Å²) in [6.45, 7) is 8.26. The topological polar surface area (TPSA) is 40.5 Å². The van der Waals surface area contributed by atoms with E-state index in [2.05, 4.69) is 25.7 Å². The van der Waals surface area contributed by atoms with Crippen molar-refractivity contribution in [3.05, 3.63) is 35.5 Å². The maximum absolute atomic E-state index is 13.0. The van der Waals surface area contributed by atoms with Crippen LogP contribution in [0, 0.1) is 23.2 Å². The fourth-order valence-electron chi connectivity index (χ4n) is 6.93. The van der Waals surface area contributed by atoms with Crippen molar-refractivity contribution >= 4 is 0 Å². The molecule has 3 rings (SSSR count). The molecule has 0 aromatic carbocycles. The summed E-state index contributed by atoms with van der Waals surface area (Å²) in [6.07, 6.45) is -2.17. The van der Waals surface area contributed by atoms with E-state index in [0.29, 0.717) is 12.3 Å². The molecule has 0 aliphatic heterocycles. The molecule has 2 N–H and O–H groups in total. The van der Waals surface area contributed by atoms with Gasteiger partial charge in [-0.15, -0.1) is 0 Å². The summed E-state index contributed by atoms with van der Waals surface area (Å²) in [4.78, 5) is 0. The number of alkyl halides is 6. The Morgan fingerprint density at radius 1 is 1.06 bits per heavy atom. The number of aliphatic hydroxyl groups is 2. The van der Waals surface area contributed by atoms with E-state index in [1.165, 1.54) is 5.57 Å². The lowest BCUT2D eigenvalue weighted by molar-refractivity contribution is -0.370. The van der Waals surface area contributed by atoms with Crippen LogP contribution in [0.3, 0.4) is 0 Å². The maximum atomic E-state index is 13.0. The molecule has 3 fully saturated rings. The monoisotopic (exact) mass is 508 g/mol. The minimum Gasteiger partial charge on any atom is -0.393 e. The number of halogens is 6. The number of hydrogen-bond donors (Lipinski definition) is 2. The molecule has 0 bridgehead atoms. The molecule has 8 heteroatoms. The van der Waals surface area contributed by atoms with E-state index in [-0.39, 0.29) is 36.2 Å². The number of hydrogen-bond acceptors (Lipinski definition) is 2. The van der Waals surface area contributed by atoms with Gasteiger partial charge in [-0.05, 0) is 93.0 Å². The summed E-state index contributed by atoms with van der Waals surface area (Å²) in [6, 6.07) is 0. The zero-order valence-corrected chi connectivity index (χ0v) is 20.6. The molecule has 35 heavy (non-hydrogen) atoms. The lowest BCUT2D eigenvalue weighted by atomic mass is 9.60. The largest absolute Gasteiger partial charge is 0.426 e. The van der Waals surface area contributed by atoms with Gasteiger partial charge >= 0.3 is 12.4 Å². The van der Waals surface area contributed by atoms with Gasteiger partial charge in [0.2, 0.25) is 0 Å². The van der Waals surface area contributed by atoms with Gasteiger partial charge in [-0.25, -0.2) is 0 Å². The van der Waals surface area contributed by atoms with Gasteiger partial charge in [0.15, 0.2) is 0 Å². The molecule has 0 aromatic heterocycles. The van der Waals surface area contributed by atoms with Gasteiger partial charge < -0.3 is 10.2 Å². The molecule has 0 radical (unpaired) electrons. The Morgan fingerprint density at radius 2 is 1.71 bits per heavy atom. The minimum atomic E-state index is -5.75. The Bertz CT molecular complexity index is 826. The summed E-state index contributed by atoms with van der Waals surface area (Å²) in [5.74, 6) is 0.506. The molecule has 1 unspecified atom stereocenters. The highest BCUT2D eigenvalue weighted by molar-refractivity contribution is 5.36. The van der Waals surface area contributed by atoms with Gasteiger partial charge in [0, 0.05) is 0 Å². The van der Waals surface area contributed by atoms with Crippen LogP contribution in [0.15, 0.2) is 35.5 Å². The van der Waals surface area contributed by atoms with E-state index >= 15 is 0 Å². The van der Waals surface area contributed by atoms with E-state index in [0.717, 1.165) is 56.1 Å². The Kier molecular flexibility index (Phi) is 8.27. The first kappa shape index (κ1) is 28.3. The second-order valence-electron chi connectivity index (χ2n) is 11.3. The van der Waals surface area contributed by atoms with E-state index in [1.54, 1.807) is 0 Å². The molecular formula is C27H38F6O2. The van der Waals surface area contributed by atoms with E-state index in [4.69, 9.17) is 0 Å². The molecule has 3 saturated carbocycles. The number of allylic oxidation sites excluding steroid dienone is 4. The third-order valence-corrected chi connectivity index (χ3v) is 9.05. The lowest BCUT2D eigenvalue weighted by Crippen LogP contribution is -2.56. The van der Waals surface area contributed by atoms with Crippen molar-refractivity contribution in [2.75, 3.05) is 0 Å². The highest BCUT2D eigenvalue weighted by Crippen LogP contribution is 2.60. The van der Waals surface area contributed by atoms with Crippen molar-refractivity contribution in [2.24, 2.45) is 23.2 Å². The van der Waals surface area contributed by atoms with Crippen molar-refractivity contribution < 1.29 is 36.6 Å². The summed E-state index contributed by atoms with van der Waals surface area (Å²) >= 11 is 0. The first-order chi connectivity index (χ1) is 16.1. The van der Waals surface area contributed by atoms with Gasteiger partial charge in [-0.1, -0.05) is 50.1 Å². The average molecular weight is 509 g/mol. The quantitative estimate of drug-likeness (QED) is 0.359. The van der Waals surface area contributed by atoms with Crippen molar-refractivity contribution in [1.82, 2.24) is 0 Å². The van der Waals surface area contributed by atoms with Crippen LogP contribution < -0.4 is 0 Å². The Balaban J connectivity index is 1.68. The molecule has 0 heterocycles. The van der Waals surface area contributed by atoms with Crippen LogP contribution in [-0.2, 0) is 0 Å². The van der Waals surface area contributed by atoms with Crippen LogP contribution in [-0.4, -0.2) is 34.3 Å². The fourth-order valence-corrected chi connectivity index (χ4v) is 6.93. The summed E-state index contributed by atoms with van der Waals surface area (Å²) in [5, 5.41) is 19.4. The zero-order valence-electron chi connectivity index (χ0n) is 20.6. The maximum Gasteiger partial charge on any atom is 0.426 e. The molecule has 0 saturated heterocycles. The number of fused-ring (bicyclic) bond motifs is 1. The van der Waals surface area contributed by atoms with Crippen molar-refractivity contribution in [3.8, 4) is 0 Å². The van der Waals surface area contributed by atoms with Crippen LogP contribution in [0.2, 0.25) is 0 Å². The van der Waals surface area contributed by atoms with Gasteiger partial charge in [0.25, 0.3) is 5.60 Å². The van der Waals surface area contributed by atoms with Crippen LogP contribution in [0.5, 0.6) is 0 Å². The van der Waals surface area contributed by atoms with E-state index in [9.17, 15) is 36.6 Å². The molecule has 0 spiro atoms. The summed E-state index contributed by atoms with van der Waals surface area (Å²) in [7, 11) is 0. The van der Waals surface area contributed by atoms with E-state index in [1.807, 2.05) is 6.92 Å². The molecule has 3 aliphatic rings. The number of rotatable bonds is 6. The fraction of sp³-hybridized carbons (Fsp3) is 0.778. The van der Waals surface area contributed by atoms with Crippen molar-refractivity contribution in [2.45, 2.75) is 109 Å². The molecule has 200 valence electrons. The van der Waals surface area contributed by atoms with Gasteiger partial charge in [0.05, 0.1) is 6.10 Å². The zero-order chi connectivity index (χ0) is 26.2. The average Bonchev–Trinajstić information content (AvgIpc) is 3.10. The second-order valence-corrected chi connectivity index (χ2v) is 11.3. The molecule has 0 amide bonds. The normalized spacial score (nSPS) is 33.9. The Labute approximate surface area is 204 Å². The Hall–Kier alpha value is -1.28. The third kappa shape index (κ3) is 5.68. The second kappa shape index (κ2) is 10.2. The SMILES string of the molecule is C=C1CC[C@H](O)CC1=CC=C1CCC[C@@]2(C)C1CC[C@@H]2[C@H](C)CCCC(O)(C(F)(F)F)C(F)(F)F. The van der Waals surface area contributed by atoms with Crippen LogP contribution in [0.25, 0.3) is 0 Å². The van der Waals surface area contributed by atoms with Crippen molar-refractivity contribution in [3.63, 3.8) is 0 Å². The first-order valence-electron chi connectivity index (χ1n) is 12.7. The highest BCUT2D eigenvalue weighted by Gasteiger charge is 2.69. The van der Waals surface area contributed by atoms with Crippen LogP contribution in [0.1, 0.15) is 84.5 Å². The molecule has 5 atom stereocenters. The van der Waals surface area contributed by atoms with Crippen LogP contribution >= 0.6 is 0 Å². The Morgan fingerprint density at radius 3 is 2.34 bits per heavy atom. The predicted molar refractivity (Wildman–Crippen MR) is 123 cm³/mol. The molecule has 3 aliphatic carbocycles. The first-order valence-corrected chi connectivity index (χ1v) is 12.7.